The molecule has 0 saturated heterocycles. The first kappa shape index (κ1) is 13.0. The molecule has 1 aromatic heterocycles. The minimum Gasteiger partial charge on any atom is -0.315 e. The summed E-state index contributed by atoms with van der Waals surface area (Å²) in [5.74, 6) is 0.558. The number of hydrogen-bond donors (Lipinski definition) is 2. The summed E-state index contributed by atoms with van der Waals surface area (Å²) in [6, 6.07) is 1.76. The molecule has 1 heterocycles. The first-order chi connectivity index (χ1) is 8.03. The normalized spacial score (nSPS) is 16.4. The molecule has 4 nitrogen and oxygen atoms in total. The third-order valence-corrected chi connectivity index (χ3v) is 5.99. The van der Waals surface area contributed by atoms with Gasteiger partial charge >= 0.3 is 0 Å². The van der Waals surface area contributed by atoms with Crippen LogP contribution < -0.4 is 10.0 Å². The zero-order valence-corrected chi connectivity index (χ0v) is 11.7. The van der Waals surface area contributed by atoms with E-state index in [-0.39, 0.29) is 0 Å². The molecular formula is C11H18N2O2S2. The van der Waals surface area contributed by atoms with Crippen LogP contribution in [0, 0.1) is 12.8 Å². The average Bonchev–Trinajstić information content (AvgIpc) is 3.02. The smallest absolute Gasteiger partial charge is 0.250 e. The molecule has 0 unspecified atom stereocenters. The van der Waals surface area contributed by atoms with Gasteiger partial charge in [0.25, 0.3) is 0 Å². The van der Waals surface area contributed by atoms with E-state index in [1.54, 1.807) is 6.07 Å². The highest BCUT2D eigenvalue weighted by Crippen LogP contribution is 2.29. The van der Waals surface area contributed by atoms with Crippen LogP contribution in [-0.2, 0) is 16.6 Å². The summed E-state index contributed by atoms with van der Waals surface area (Å²) >= 11 is 1.35. The third-order valence-electron chi connectivity index (χ3n) is 2.86. The maximum Gasteiger partial charge on any atom is 0.250 e. The Hall–Kier alpha value is -0.430. The number of sulfonamides is 1. The van der Waals surface area contributed by atoms with E-state index in [1.807, 2.05) is 14.0 Å². The Morgan fingerprint density at radius 3 is 2.76 bits per heavy atom. The molecule has 2 N–H and O–H groups in total. The van der Waals surface area contributed by atoms with Crippen LogP contribution in [-0.4, -0.2) is 22.0 Å². The summed E-state index contributed by atoms with van der Waals surface area (Å²) in [5.41, 5.74) is 1.04. The third kappa shape index (κ3) is 3.28. The highest BCUT2D eigenvalue weighted by atomic mass is 32.2. The first-order valence-corrected chi connectivity index (χ1v) is 8.06. The van der Waals surface area contributed by atoms with E-state index in [4.69, 9.17) is 0 Å². The molecule has 6 heteroatoms. The van der Waals surface area contributed by atoms with E-state index in [2.05, 4.69) is 10.0 Å². The fourth-order valence-electron chi connectivity index (χ4n) is 1.58. The molecule has 0 amide bonds. The minimum absolute atomic E-state index is 0.431. The van der Waals surface area contributed by atoms with Gasteiger partial charge in [0.1, 0.15) is 4.21 Å². The minimum atomic E-state index is -3.29. The van der Waals surface area contributed by atoms with Gasteiger partial charge < -0.3 is 5.32 Å². The molecular weight excluding hydrogens is 256 g/mol. The zero-order chi connectivity index (χ0) is 12.5. The van der Waals surface area contributed by atoms with Crippen molar-refractivity contribution in [3.05, 3.63) is 16.5 Å². The lowest BCUT2D eigenvalue weighted by Crippen LogP contribution is -2.25. The van der Waals surface area contributed by atoms with Crippen molar-refractivity contribution in [2.45, 2.75) is 30.5 Å². The van der Waals surface area contributed by atoms with Crippen molar-refractivity contribution in [1.82, 2.24) is 10.0 Å². The van der Waals surface area contributed by atoms with Crippen molar-refractivity contribution in [2.24, 2.45) is 5.92 Å². The zero-order valence-electron chi connectivity index (χ0n) is 10.1. The number of rotatable bonds is 6. The molecule has 1 aliphatic carbocycles. The van der Waals surface area contributed by atoms with Gasteiger partial charge in [0.2, 0.25) is 10.0 Å². The molecule has 0 aromatic carbocycles. The molecule has 2 rings (SSSR count). The summed E-state index contributed by atoms with van der Waals surface area (Å²) in [4.78, 5) is 1.08. The molecule has 0 spiro atoms. The van der Waals surface area contributed by atoms with Gasteiger partial charge in [-0.05, 0) is 44.4 Å². The Bertz CT molecular complexity index is 490. The predicted octanol–water partition coefficient (Wildman–Crippen LogP) is 1.46. The van der Waals surface area contributed by atoms with Crippen LogP contribution in [0.25, 0.3) is 0 Å². The highest BCUT2D eigenvalue weighted by Gasteiger charge is 2.25. The first-order valence-electron chi connectivity index (χ1n) is 5.76. The number of nitrogens with one attached hydrogen (secondary N) is 2. The molecule has 0 atom stereocenters. The van der Waals surface area contributed by atoms with Crippen LogP contribution in [0.4, 0.5) is 0 Å². The maximum absolute atomic E-state index is 12.0. The predicted molar refractivity (Wildman–Crippen MR) is 69.7 cm³/mol. The Balaban J connectivity index is 2.11. The van der Waals surface area contributed by atoms with Gasteiger partial charge in [0.05, 0.1) is 0 Å². The molecule has 0 bridgehead atoms. The number of aryl methyl sites for hydroxylation is 1. The lowest BCUT2D eigenvalue weighted by Gasteiger charge is -2.02. The molecule has 0 radical (unpaired) electrons. The second kappa shape index (κ2) is 5.06. The van der Waals surface area contributed by atoms with E-state index in [9.17, 15) is 8.42 Å². The Morgan fingerprint density at radius 2 is 2.18 bits per heavy atom. The SMILES string of the molecule is CNCc1sc(S(=O)(=O)NCC2CC2)cc1C. The van der Waals surface area contributed by atoms with E-state index < -0.39 is 10.0 Å². The highest BCUT2D eigenvalue weighted by molar-refractivity contribution is 7.91. The van der Waals surface area contributed by atoms with Crippen LogP contribution in [0.5, 0.6) is 0 Å². The van der Waals surface area contributed by atoms with Crippen LogP contribution in [0.15, 0.2) is 10.3 Å². The van der Waals surface area contributed by atoms with Gasteiger partial charge in [0, 0.05) is 18.0 Å². The van der Waals surface area contributed by atoms with Gasteiger partial charge in [-0.1, -0.05) is 0 Å². The van der Waals surface area contributed by atoms with Crippen molar-refractivity contribution in [3.63, 3.8) is 0 Å². The van der Waals surface area contributed by atoms with Crippen LogP contribution >= 0.6 is 11.3 Å². The fourth-order valence-corrected chi connectivity index (χ4v) is 4.34. The van der Waals surface area contributed by atoms with Crippen LogP contribution in [0.2, 0.25) is 0 Å². The van der Waals surface area contributed by atoms with E-state index in [1.165, 1.54) is 11.3 Å². The fraction of sp³-hybridized carbons (Fsp3) is 0.636. The van der Waals surface area contributed by atoms with Crippen molar-refractivity contribution < 1.29 is 8.42 Å². The molecule has 96 valence electrons. The van der Waals surface area contributed by atoms with Crippen LogP contribution in [0.3, 0.4) is 0 Å². The summed E-state index contributed by atoms with van der Waals surface area (Å²) < 4.78 is 27.1. The quantitative estimate of drug-likeness (QED) is 0.826. The van der Waals surface area contributed by atoms with Crippen molar-refractivity contribution >= 4 is 21.4 Å². The number of hydrogen-bond acceptors (Lipinski definition) is 4. The molecule has 1 aliphatic rings. The molecule has 1 aromatic rings. The Morgan fingerprint density at radius 1 is 1.47 bits per heavy atom. The maximum atomic E-state index is 12.0. The standard InChI is InChI=1S/C11H18N2O2S2/c1-8-5-11(16-10(8)7-12-2)17(14,15)13-6-9-3-4-9/h5,9,12-13H,3-4,6-7H2,1-2H3. The second-order valence-corrected chi connectivity index (χ2v) is 7.63. The number of thiophene rings is 1. The lowest BCUT2D eigenvalue weighted by atomic mass is 10.3. The Labute approximate surface area is 106 Å². The van der Waals surface area contributed by atoms with Gasteiger partial charge in [-0.2, -0.15) is 0 Å². The summed E-state index contributed by atoms with van der Waals surface area (Å²) in [6.45, 7) is 3.25. The van der Waals surface area contributed by atoms with Crippen molar-refractivity contribution in [3.8, 4) is 0 Å². The summed E-state index contributed by atoms with van der Waals surface area (Å²) in [6.07, 6.45) is 2.30. The molecule has 1 fully saturated rings. The van der Waals surface area contributed by atoms with E-state index in [0.717, 1.165) is 23.3 Å². The van der Waals surface area contributed by atoms with Crippen LogP contribution in [0.1, 0.15) is 23.3 Å². The van der Waals surface area contributed by atoms with Gasteiger partial charge in [-0.3, -0.25) is 0 Å². The average molecular weight is 274 g/mol. The second-order valence-electron chi connectivity index (χ2n) is 4.50. The van der Waals surface area contributed by atoms with Crippen molar-refractivity contribution in [1.29, 1.82) is 0 Å². The largest absolute Gasteiger partial charge is 0.315 e. The van der Waals surface area contributed by atoms with Crippen molar-refractivity contribution in [2.75, 3.05) is 13.6 Å². The van der Waals surface area contributed by atoms with Gasteiger partial charge in [-0.15, -0.1) is 11.3 Å². The molecule has 0 aliphatic heterocycles. The van der Waals surface area contributed by atoms with Gasteiger partial charge in [-0.25, -0.2) is 13.1 Å². The summed E-state index contributed by atoms with van der Waals surface area (Å²) in [7, 11) is -1.43. The lowest BCUT2D eigenvalue weighted by molar-refractivity contribution is 0.579. The molecule has 1 saturated carbocycles. The van der Waals surface area contributed by atoms with E-state index in [0.29, 0.717) is 23.2 Å². The topological polar surface area (TPSA) is 58.2 Å². The molecule has 17 heavy (non-hydrogen) atoms. The monoisotopic (exact) mass is 274 g/mol. The summed E-state index contributed by atoms with van der Waals surface area (Å²) in [5, 5.41) is 3.05. The Kier molecular flexibility index (Phi) is 3.87. The van der Waals surface area contributed by atoms with E-state index >= 15 is 0 Å². The van der Waals surface area contributed by atoms with Gasteiger partial charge in [0.15, 0.2) is 0 Å².